The van der Waals surface area contributed by atoms with E-state index in [0.717, 1.165) is 29.1 Å². The standard InChI is InChI=1S/C27H29F3N4O3S/c28-27(29,30)20-3-10-25(33-14-20)34-21-4-8-23(9-5-21)38(35,36)22-6-1-18(2-7-22)19-11-12-32-24(13-19)26(15-31)16-37-17-26/h1-3,6-7,10-14,21,23H,4-5,8-9,15-17,31H2,(H,33,34). The number of aromatic nitrogens is 2. The summed E-state index contributed by atoms with van der Waals surface area (Å²) >= 11 is 0. The van der Waals surface area contributed by atoms with E-state index in [9.17, 15) is 21.6 Å². The Balaban J connectivity index is 1.22. The zero-order valence-electron chi connectivity index (χ0n) is 20.6. The molecule has 0 radical (unpaired) electrons. The number of pyridine rings is 2. The molecule has 3 aromatic rings. The summed E-state index contributed by atoms with van der Waals surface area (Å²) in [5.74, 6) is 0.349. The summed E-state index contributed by atoms with van der Waals surface area (Å²) in [6, 6.07) is 13.0. The molecule has 0 atom stereocenters. The Morgan fingerprint density at radius 3 is 2.24 bits per heavy atom. The number of nitrogens with one attached hydrogen (secondary N) is 1. The van der Waals surface area contributed by atoms with Crippen molar-refractivity contribution in [3.8, 4) is 11.1 Å². The summed E-state index contributed by atoms with van der Waals surface area (Å²) in [6.07, 6.45) is 0.174. The average molecular weight is 547 g/mol. The normalized spacial score (nSPS) is 21.5. The number of nitrogens with two attached hydrogens (primary N) is 1. The molecule has 202 valence electrons. The third kappa shape index (κ3) is 5.27. The molecule has 0 amide bonds. The molecule has 1 aliphatic heterocycles. The number of sulfone groups is 1. The fourth-order valence-corrected chi connectivity index (χ4v) is 6.82. The van der Waals surface area contributed by atoms with Crippen LogP contribution in [-0.4, -0.2) is 49.4 Å². The highest BCUT2D eigenvalue weighted by molar-refractivity contribution is 7.92. The maximum Gasteiger partial charge on any atom is 0.417 e. The molecule has 2 aromatic heterocycles. The van der Waals surface area contributed by atoms with Crippen LogP contribution in [0.1, 0.15) is 36.9 Å². The highest BCUT2D eigenvalue weighted by Gasteiger charge is 2.40. The fraction of sp³-hybridized carbons (Fsp3) is 0.407. The molecule has 3 N–H and O–H groups in total. The number of anilines is 1. The Morgan fingerprint density at radius 2 is 1.68 bits per heavy atom. The number of hydrogen-bond acceptors (Lipinski definition) is 7. The molecule has 2 fully saturated rings. The lowest BCUT2D eigenvalue weighted by molar-refractivity contribution is -0.137. The first kappa shape index (κ1) is 26.6. The van der Waals surface area contributed by atoms with E-state index in [4.69, 9.17) is 10.5 Å². The number of halogens is 3. The molecule has 38 heavy (non-hydrogen) atoms. The van der Waals surface area contributed by atoms with E-state index in [-0.39, 0.29) is 16.4 Å². The van der Waals surface area contributed by atoms with Gasteiger partial charge in [-0.1, -0.05) is 12.1 Å². The average Bonchev–Trinajstić information content (AvgIpc) is 2.89. The maximum absolute atomic E-state index is 13.3. The molecule has 0 unspecified atom stereocenters. The number of hydrogen-bond donors (Lipinski definition) is 2. The molecule has 7 nitrogen and oxygen atoms in total. The van der Waals surface area contributed by atoms with Crippen molar-refractivity contribution >= 4 is 15.7 Å². The number of alkyl halides is 3. The Bertz CT molecular complexity index is 1360. The quantitative estimate of drug-likeness (QED) is 0.447. The molecule has 1 aromatic carbocycles. The second-order valence-electron chi connectivity index (χ2n) is 10.0. The second kappa shape index (κ2) is 10.3. The van der Waals surface area contributed by atoms with Crippen LogP contribution >= 0.6 is 0 Å². The minimum atomic E-state index is -4.43. The molecule has 11 heteroatoms. The Morgan fingerprint density at radius 1 is 0.974 bits per heavy atom. The Hall–Kier alpha value is -3.02. The molecule has 1 saturated heterocycles. The van der Waals surface area contributed by atoms with E-state index in [1.807, 2.05) is 24.3 Å². The molecule has 0 spiro atoms. The number of ether oxygens (including phenoxy) is 1. The largest absolute Gasteiger partial charge is 0.417 e. The van der Waals surface area contributed by atoms with Crippen LogP contribution in [-0.2, 0) is 26.2 Å². The van der Waals surface area contributed by atoms with Crippen molar-refractivity contribution < 1.29 is 26.3 Å². The molecule has 0 bridgehead atoms. The number of nitrogens with zero attached hydrogens (tertiary/aromatic N) is 2. The minimum absolute atomic E-state index is 0.0492. The summed E-state index contributed by atoms with van der Waals surface area (Å²) < 4.78 is 70.2. The van der Waals surface area contributed by atoms with Crippen LogP contribution < -0.4 is 11.1 Å². The molecule has 1 aliphatic carbocycles. The first-order valence-corrected chi connectivity index (χ1v) is 14.0. The van der Waals surface area contributed by atoms with Gasteiger partial charge in [0.25, 0.3) is 0 Å². The van der Waals surface area contributed by atoms with Crippen molar-refractivity contribution in [2.24, 2.45) is 5.73 Å². The van der Waals surface area contributed by atoms with Gasteiger partial charge < -0.3 is 15.8 Å². The summed E-state index contributed by atoms with van der Waals surface area (Å²) in [7, 11) is -3.52. The molecule has 2 aliphatic rings. The number of rotatable bonds is 7. The van der Waals surface area contributed by atoms with E-state index < -0.39 is 26.8 Å². The van der Waals surface area contributed by atoms with Crippen molar-refractivity contribution in [1.82, 2.24) is 9.97 Å². The van der Waals surface area contributed by atoms with Crippen LogP contribution in [0.5, 0.6) is 0 Å². The van der Waals surface area contributed by atoms with Crippen LogP contribution in [0, 0.1) is 0 Å². The fourth-order valence-electron chi connectivity index (χ4n) is 5.02. The van der Waals surface area contributed by atoms with Gasteiger partial charge in [-0.3, -0.25) is 4.98 Å². The van der Waals surface area contributed by atoms with Crippen LogP contribution in [0.25, 0.3) is 11.1 Å². The predicted octanol–water partition coefficient (Wildman–Crippen LogP) is 4.59. The zero-order valence-corrected chi connectivity index (χ0v) is 21.4. The molecular weight excluding hydrogens is 517 g/mol. The van der Waals surface area contributed by atoms with Crippen molar-refractivity contribution in [2.75, 3.05) is 25.1 Å². The zero-order chi connectivity index (χ0) is 27.0. The second-order valence-corrected chi connectivity index (χ2v) is 12.3. The lowest BCUT2D eigenvalue weighted by Crippen LogP contribution is -2.52. The maximum atomic E-state index is 13.3. The Labute approximate surface area is 219 Å². The highest BCUT2D eigenvalue weighted by atomic mass is 32.2. The molecule has 3 heterocycles. The van der Waals surface area contributed by atoms with E-state index in [1.165, 1.54) is 6.07 Å². The Kier molecular flexibility index (Phi) is 7.19. The van der Waals surface area contributed by atoms with Crippen LogP contribution in [0.3, 0.4) is 0 Å². The lowest BCUT2D eigenvalue weighted by atomic mass is 9.81. The molecule has 5 rings (SSSR count). The van der Waals surface area contributed by atoms with Crippen molar-refractivity contribution in [3.63, 3.8) is 0 Å². The first-order chi connectivity index (χ1) is 18.1. The predicted molar refractivity (Wildman–Crippen MR) is 137 cm³/mol. The van der Waals surface area contributed by atoms with E-state index in [1.54, 1.807) is 18.3 Å². The van der Waals surface area contributed by atoms with Gasteiger partial charge in [0, 0.05) is 25.0 Å². The third-order valence-electron chi connectivity index (χ3n) is 7.52. The van der Waals surface area contributed by atoms with Crippen molar-refractivity contribution in [1.29, 1.82) is 0 Å². The van der Waals surface area contributed by atoms with Gasteiger partial charge in [-0.15, -0.1) is 0 Å². The summed E-state index contributed by atoms with van der Waals surface area (Å²) in [4.78, 5) is 8.62. The lowest BCUT2D eigenvalue weighted by Gasteiger charge is -2.40. The van der Waals surface area contributed by atoms with Gasteiger partial charge in [0.15, 0.2) is 9.84 Å². The van der Waals surface area contributed by atoms with E-state index in [0.29, 0.717) is 51.3 Å². The van der Waals surface area contributed by atoms with Gasteiger partial charge in [-0.2, -0.15) is 13.2 Å². The third-order valence-corrected chi connectivity index (χ3v) is 9.80. The van der Waals surface area contributed by atoms with Crippen LogP contribution in [0.2, 0.25) is 0 Å². The van der Waals surface area contributed by atoms with Gasteiger partial charge >= 0.3 is 6.18 Å². The van der Waals surface area contributed by atoms with Crippen LogP contribution in [0.4, 0.5) is 19.0 Å². The van der Waals surface area contributed by atoms with Crippen LogP contribution in [0.15, 0.2) is 65.8 Å². The monoisotopic (exact) mass is 546 g/mol. The summed E-state index contributed by atoms with van der Waals surface area (Å²) in [6.45, 7) is 1.52. The molecular formula is C27H29F3N4O3S. The summed E-state index contributed by atoms with van der Waals surface area (Å²) in [5, 5.41) is 2.62. The van der Waals surface area contributed by atoms with Gasteiger partial charge in [0.1, 0.15) is 5.82 Å². The van der Waals surface area contributed by atoms with Gasteiger partial charge in [-0.05, 0) is 73.2 Å². The summed E-state index contributed by atoms with van der Waals surface area (Å²) in [5.41, 5.74) is 7.58. The smallest absolute Gasteiger partial charge is 0.379 e. The van der Waals surface area contributed by atoms with E-state index in [2.05, 4.69) is 15.3 Å². The number of benzene rings is 1. The SMILES string of the molecule is NCC1(c2cc(-c3ccc(S(=O)(=O)C4CCC(Nc5ccc(C(F)(F)F)cn5)CC4)cc3)ccn2)COC1. The first-order valence-electron chi connectivity index (χ1n) is 12.5. The van der Waals surface area contributed by atoms with Gasteiger partial charge in [0.2, 0.25) is 0 Å². The van der Waals surface area contributed by atoms with Gasteiger partial charge in [-0.25, -0.2) is 13.4 Å². The van der Waals surface area contributed by atoms with Gasteiger partial charge in [0.05, 0.1) is 40.0 Å². The van der Waals surface area contributed by atoms with E-state index >= 15 is 0 Å². The highest BCUT2D eigenvalue weighted by Crippen LogP contribution is 2.34. The van der Waals surface area contributed by atoms with Crippen molar-refractivity contribution in [3.05, 3.63) is 72.2 Å². The van der Waals surface area contributed by atoms with Crippen molar-refractivity contribution in [2.45, 2.75) is 53.5 Å². The topological polar surface area (TPSA) is 107 Å². The minimum Gasteiger partial charge on any atom is -0.379 e. The molecule has 1 saturated carbocycles.